The van der Waals surface area contributed by atoms with Gasteiger partial charge in [0.05, 0.1) is 6.26 Å². The molecule has 3 heterocycles. The molecule has 1 atom stereocenters. The molecule has 7 nitrogen and oxygen atoms in total. The van der Waals surface area contributed by atoms with E-state index < -0.39 is 0 Å². The molecule has 0 radical (unpaired) electrons. The van der Waals surface area contributed by atoms with Crippen molar-refractivity contribution in [2.45, 2.75) is 38.8 Å². The van der Waals surface area contributed by atoms with Gasteiger partial charge in [-0.25, -0.2) is 9.48 Å². The predicted molar refractivity (Wildman–Crippen MR) is 75.1 cm³/mol. The van der Waals surface area contributed by atoms with Gasteiger partial charge in [-0.2, -0.15) is 5.10 Å². The highest BCUT2D eigenvalue weighted by Gasteiger charge is 2.23. The fourth-order valence-corrected chi connectivity index (χ4v) is 2.70. The molecule has 1 amide bonds. The average Bonchev–Trinajstić information content (AvgIpc) is 2.92. The summed E-state index contributed by atoms with van der Waals surface area (Å²) in [6.45, 7) is 2.41. The first-order valence-corrected chi connectivity index (χ1v) is 7.04. The molecule has 3 rings (SSSR count). The van der Waals surface area contributed by atoms with Crippen LogP contribution < -0.4 is 11.0 Å². The maximum atomic E-state index is 12.1. The van der Waals surface area contributed by atoms with E-state index in [0.717, 1.165) is 17.8 Å². The number of hydrogen-bond acceptors (Lipinski definition) is 4. The Morgan fingerprint density at radius 2 is 2.29 bits per heavy atom. The lowest BCUT2D eigenvalue weighted by Crippen LogP contribution is -2.35. The van der Waals surface area contributed by atoms with Gasteiger partial charge >= 0.3 is 5.69 Å². The first-order chi connectivity index (χ1) is 10.1. The van der Waals surface area contributed by atoms with Gasteiger partial charge in [-0.15, -0.1) is 0 Å². The first-order valence-electron chi connectivity index (χ1n) is 7.04. The van der Waals surface area contributed by atoms with E-state index in [0.29, 0.717) is 25.1 Å². The van der Waals surface area contributed by atoms with Gasteiger partial charge in [0.25, 0.3) is 5.91 Å². The van der Waals surface area contributed by atoms with Crippen LogP contribution in [0.4, 0.5) is 0 Å². The van der Waals surface area contributed by atoms with Crippen LogP contribution in [0.25, 0.3) is 0 Å². The Morgan fingerprint density at radius 3 is 3.00 bits per heavy atom. The Labute approximate surface area is 121 Å². The van der Waals surface area contributed by atoms with Gasteiger partial charge in [-0.3, -0.25) is 9.36 Å². The number of furan rings is 1. The van der Waals surface area contributed by atoms with E-state index in [-0.39, 0.29) is 17.6 Å². The highest BCUT2D eigenvalue weighted by molar-refractivity contribution is 5.92. The molecule has 0 spiro atoms. The molecular formula is C14H18N4O3. The van der Waals surface area contributed by atoms with Crippen LogP contribution in [0.5, 0.6) is 0 Å². The van der Waals surface area contributed by atoms with Gasteiger partial charge in [0, 0.05) is 31.6 Å². The maximum absolute atomic E-state index is 12.1. The maximum Gasteiger partial charge on any atom is 0.345 e. The molecule has 1 N–H and O–H groups in total. The zero-order chi connectivity index (χ0) is 15.0. The van der Waals surface area contributed by atoms with Crippen molar-refractivity contribution in [3.63, 3.8) is 0 Å². The van der Waals surface area contributed by atoms with Crippen molar-refractivity contribution in [2.75, 3.05) is 0 Å². The molecule has 2 aromatic heterocycles. The molecule has 7 heteroatoms. The van der Waals surface area contributed by atoms with Gasteiger partial charge in [0.15, 0.2) is 5.76 Å². The minimum atomic E-state index is -0.199. The molecule has 1 unspecified atom stereocenters. The standard InChI is InChI=1S/C14H18N4O3/c1-9-6-8-21-12(9)13(19)15-10-3-4-11-16-17(2)14(20)18(11)7-5-10/h6,8,10H,3-5,7H2,1-2H3,(H,15,19). The van der Waals surface area contributed by atoms with Crippen LogP contribution in [-0.2, 0) is 20.0 Å². The summed E-state index contributed by atoms with van der Waals surface area (Å²) in [5.74, 6) is 0.941. The Bertz CT molecular complexity index is 725. The van der Waals surface area contributed by atoms with Crippen LogP contribution in [0.2, 0.25) is 0 Å². The van der Waals surface area contributed by atoms with Gasteiger partial charge in [-0.05, 0) is 25.8 Å². The lowest BCUT2D eigenvalue weighted by atomic mass is 10.1. The topological polar surface area (TPSA) is 82.1 Å². The highest BCUT2D eigenvalue weighted by Crippen LogP contribution is 2.14. The van der Waals surface area contributed by atoms with Crippen LogP contribution in [0.15, 0.2) is 21.5 Å². The number of hydrogen-bond donors (Lipinski definition) is 1. The Kier molecular flexibility index (Phi) is 3.40. The summed E-state index contributed by atoms with van der Waals surface area (Å²) in [4.78, 5) is 24.0. The van der Waals surface area contributed by atoms with E-state index in [1.54, 1.807) is 17.7 Å². The Hall–Kier alpha value is -2.31. The fraction of sp³-hybridized carbons (Fsp3) is 0.500. The predicted octanol–water partition coefficient (Wildman–Crippen LogP) is 0.618. The molecule has 112 valence electrons. The second kappa shape index (κ2) is 5.23. The third kappa shape index (κ3) is 2.51. The quantitative estimate of drug-likeness (QED) is 0.879. The fourth-order valence-electron chi connectivity index (χ4n) is 2.70. The third-order valence-electron chi connectivity index (χ3n) is 3.91. The molecule has 2 aromatic rings. The number of amides is 1. The number of aryl methyl sites for hydroxylation is 3. The lowest BCUT2D eigenvalue weighted by Gasteiger charge is -2.15. The van der Waals surface area contributed by atoms with Crippen molar-refractivity contribution in [3.05, 3.63) is 40.0 Å². The number of carbonyl (C=O) groups excluding carboxylic acids is 1. The van der Waals surface area contributed by atoms with Crippen LogP contribution >= 0.6 is 0 Å². The average molecular weight is 290 g/mol. The van der Waals surface area contributed by atoms with Crippen LogP contribution in [0.3, 0.4) is 0 Å². The van der Waals surface area contributed by atoms with Crippen molar-refractivity contribution >= 4 is 5.91 Å². The van der Waals surface area contributed by atoms with Crippen molar-refractivity contribution < 1.29 is 9.21 Å². The molecule has 0 saturated heterocycles. The van der Waals surface area contributed by atoms with E-state index in [1.807, 2.05) is 6.92 Å². The number of fused-ring (bicyclic) bond motifs is 1. The number of rotatable bonds is 2. The third-order valence-corrected chi connectivity index (χ3v) is 3.91. The Balaban J connectivity index is 1.69. The van der Waals surface area contributed by atoms with Crippen LogP contribution in [-0.4, -0.2) is 26.3 Å². The minimum Gasteiger partial charge on any atom is -0.459 e. The molecule has 21 heavy (non-hydrogen) atoms. The monoisotopic (exact) mass is 290 g/mol. The zero-order valence-corrected chi connectivity index (χ0v) is 12.1. The summed E-state index contributed by atoms with van der Waals surface area (Å²) in [7, 11) is 1.66. The first kappa shape index (κ1) is 13.7. The second-order valence-electron chi connectivity index (χ2n) is 5.40. The summed E-state index contributed by atoms with van der Waals surface area (Å²) < 4.78 is 8.24. The summed E-state index contributed by atoms with van der Waals surface area (Å²) >= 11 is 0. The molecule has 0 saturated carbocycles. The molecule has 1 aliphatic heterocycles. The number of nitrogens with one attached hydrogen (secondary N) is 1. The lowest BCUT2D eigenvalue weighted by molar-refractivity contribution is 0.0904. The molecule has 0 aromatic carbocycles. The minimum absolute atomic E-state index is 0.0217. The molecule has 0 bridgehead atoms. The van der Waals surface area contributed by atoms with Crippen molar-refractivity contribution in [2.24, 2.45) is 7.05 Å². The summed E-state index contributed by atoms with van der Waals surface area (Å²) in [5, 5.41) is 7.20. The Morgan fingerprint density at radius 1 is 1.48 bits per heavy atom. The molecule has 1 aliphatic rings. The van der Waals surface area contributed by atoms with Crippen LogP contribution in [0, 0.1) is 6.92 Å². The molecular weight excluding hydrogens is 272 g/mol. The normalized spacial score (nSPS) is 18.1. The molecule has 0 aliphatic carbocycles. The van der Waals surface area contributed by atoms with E-state index >= 15 is 0 Å². The largest absolute Gasteiger partial charge is 0.459 e. The second-order valence-corrected chi connectivity index (χ2v) is 5.40. The number of aromatic nitrogens is 3. The van der Waals surface area contributed by atoms with Crippen molar-refractivity contribution in [3.8, 4) is 0 Å². The molecule has 0 fully saturated rings. The van der Waals surface area contributed by atoms with E-state index in [1.165, 1.54) is 10.9 Å². The summed E-state index contributed by atoms with van der Waals surface area (Å²) in [6, 6.07) is 1.79. The van der Waals surface area contributed by atoms with Crippen LogP contribution in [0.1, 0.15) is 34.8 Å². The summed E-state index contributed by atoms with van der Waals surface area (Å²) in [5.41, 5.74) is 0.724. The van der Waals surface area contributed by atoms with Gasteiger partial charge in [-0.1, -0.05) is 0 Å². The highest BCUT2D eigenvalue weighted by atomic mass is 16.3. The van der Waals surface area contributed by atoms with Crippen molar-refractivity contribution in [1.82, 2.24) is 19.7 Å². The van der Waals surface area contributed by atoms with E-state index in [9.17, 15) is 9.59 Å². The summed E-state index contributed by atoms with van der Waals surface area (Å²) in [6.07, 6.45) is 3.67. The van der Waals surface area contributed by atoms with E-state index in [2.05, 4.69) is 10.4 Å². The zero-order valence-electron chi connectivity index (χ0n) is 12.1. The van der Waals surface area contributed by atoms with Gasteiger partial charge in [0.2, 0.25) is 0 Å². The SMILES string of the molecule is Cc1ccoc1C(=O)NC1CCc2nn(C)c(=O)n2CC1. The number of nitrogens with zero attached hydrogens (tertiary/aromatic N) is 3. The van der Waals surface area contributed by atoms with Gasteiger partial charge < -0.3 is 9.73 Å². The van der Waals surface area contributed by atoms with Crippen molar-refractivity contribution in [1.29, 1.82) is 0 Å². The number of carbonyl (C=O) groups is 1. The van der Waals surface area contributed by atoms with E-state index in [4.69, 9.17) is 4.42 Å². The smallest absolute Gasteiger partial charge is 0.345 e. The van der Waals surface area contributed by atoms with Gasteiger partial charge in [0.1, 0.15) is 5.82 Å².